The Morgan fingerprint density at radius 3 is 2.67 bits per heavy atom. The molecule has 1 atom stereocenters. The fraction of sp³-hybridized carbons (Fsp3) is 0.423. The van der Waals surface area contributed by atoms with Crippen LogP contribution in [0.25, 0.3) is 0 Å². The van der Waals surface area contributed by atoms with Crippen LogP contribution < -0.4 is 0 Å². The number of nitrogens with zero attached hydrogens (tertiary/aromatic N) is 4. The maximum absolute atomic E-state index is 14.1. The molecule has 33 heavy (non-hydrogen) atoms. The first-order chi connectivity index (χ1) is 16.1. The molecule has 7 heteroatoms. The number of pyridine rings is 1. The Hall–Kier alpha value is -2.93. The van der Waals surface area contributed by atoms with Crippen molar-refractivity contribution < 1.29 is 13.6 Å². The Morgan fingerprint density at radius 1 is 1.09 bits per heavy atom. The Labute approximate surface area is 192 Å². The van der Waals surface area contributed by atoms with Gasteiger partial charge in [-0.05, 0) is 67.1 Å². The summed E-state index contributed by atoms with van der Waals surface area (Å²) >= 11 is 0. The van der Waals surface area contributed by atoms with Gasteiger partial charge in [0.25, 0.3) is 0 Å². The van der Waals surface area contributed by atoms with Crippen molar-refractivity contribution in [3.8, 4) is 0 Å². The van der Waals surface area contributed by atoms with Crippen LogP contribution >= 0.6 is 0 Å². The lowest BCUT2D eigenvalue weighted by Gasteiger charge is -2.35. The Balaban J connectivity index is 1.20. The number of rotatable bonds is 5. The minimum atomic E-state index is -0.506. The molecule has 5 nitrogen and oxygen atoms in total. The van der Waals surface area contributed by atoms with E-state index in [4.69, 9.17) is 4.99 Å². The first kappa shape index (κ1) is 21.9. The number of halogens is 2. The van der Waals surface area contributed by atoms with E-state index >= 15 is 0 Å². The molecule has 0 aliphatic carbocycles. The highest BCUT2D eigenvalue weighted by atomic mass is 19.1. The summed E-state index contributed by atoms with van der Waals surface area (Å²) in [6, 6.07) is 7.92. The van der Waals surface area contributed by atoms with Gasteiger partial charge in [-0.3, -0.25) is 19.7 Å². The van der Waals surface area contributed by atoms with Crippen molar-refractivity contribution >= 4 is 11.6 Å². The van der Waals surface area contributed by atoms with Crippen LogP contribution in [0.3, 0.4) is 0 Å². The Morgan fingerprint density at radius 2 is 1.88 bits per heavy atom. The molecule has 0 radical (unpaired) electrons. The highest BCUT2D eigenvalue weighted by Gasteiger charge is 2.31. The van der Waals surface area contributed by atoms with Crippen molar-refractivity contribution in [2.45, 2.75) is 32.2 Å². The van der Waals surface area contributed by atoms with E-state index in [1.165, 1.54) is 29.3 Å². The van der Waals surface area contributed by atoms with Gasteiger partial charge in [0, 0.05) is 56.1 Å². The van der Waals surface area contributed by atoms with Crippen LogP contribution in [-0.4, -0.2) is 59.1 Å². The summed E-state index contributed by atoms with van der Waals surface area (Å²) in [6.07, 6.45) is 6.77. The second-order valence-electron chi connectivity index (χ2n) is 9.20. The van der Waals surface area contributed by atoms with E-state index < -0.39 is 11.6 Å². The van der Waals surface area contributed by atoms with Gasteiger partial charge < -0.3 is 4.90 Å². The number of hydrogen-bond acceptors (Lipinski definition) is 4. The summed E-state index contributed by atoms with van der Waals surface area (Å²) in [4.78, 5) is 26.0. The molecule has 0 saturated carbocycles. The molecule has 1 fully saturated rings. The van der Waals surface area contributed by atoms with Gasteiger partial charge in [0.1, 0.15) is 11.6 Å². The number of carbonyl (C=O) groups is 1. The zero-order chi connectivity index (χ0) is 22.8. The Kier molecular flexibility index (Phi) is 6.31. The molecule has 172 valence electrons. The smallest absolute Gasteiger partial charge is 0.223 e. The number of piperidine rings is 1. The third-order valence-electron chi connectivity index (χ3n) is 6.99. The van der Waals surface area contributed by atoms with Gasteiger partial charge in [-0.25, -0.2) is 8.78 Å². The first-order valence-electron chi connectivity index (χ1n) is 11.7. The van der Waals surface area contributed by atoms with Crippen LogP contribution in [0, 0.1) is 17.6 Å². The Bertz CT molecular complexity index is 1080. The highest BCUT2D eigenvalue weighted by Crippen LogP contribution is 2.29. The monoisotopic (exact) mass is 450 g/mol. The lowest BCUT2D eigenvalue weighted by Crippen LogP contribution is -2.41. The van der Waals surface area contributed by atoms with Crippen molar-refractivity contribution in [2.24, 2.45) is 10.9 Å². The molecule has 4 heterocycles. The van der Waals surface area contributed by atoms with Crippen molar-refractivity contribution in [1.29, 1.82) is 0 Å². The molecular formula is C26H28F2N4O. The van der Waals surface area contributed by atoms with E-state index in [0.717, 1.165) is 50.2 Å². The molecule has 3 aliphatic rings. The zero-order valence-electron chi connectivity index (χ0n) is 18.6. The van der Waals surface area contributed by atoms with Crippen LogP contribution in [-0.2, 0) is 11.3 Å². The van der Waals surface area contributed by atoms with E-state index in [1.54, 1.807) is 12.4 Å². The molecular weight excluding hydrogens is 422 g/mol. The molecule has 2 aromatic rings. The fourth-order valence-corrected chi connectivity index (χ4v) is 5.22. The fourth-order valence-electron chi connectivity index (χ4n) is 5.22. The summed E-state index contributed by atoms with van der Waals surface area (Å²) in [7, 11) is 0. The van der Waals surface area contributed by atoms with Gasteiger partial charge in [0.2, 0.25) is 5.91 Å². The third-order valence-corrected chi connectivity index (χ3v) is 6.99. The number of hydrogen-bond donors (Lipinski definition) is 0. The second-order valence-corrected chi connectivity index (χ2v) is 9.20. The number of amides is 1. The third kappa shape index (κ3) is 4.74. The van der Waals surface area contributed by atoms with Gasteiger partial charge >= 0.3 is 0 Å². The minimum absolute atomic E-state index is 0.115. The predicted octanol–water partition coefficient (Wildman–Crippen LogP) is 3.99. The number of aromatic nitrogens is 1. The van der Waals surface area contributed by atoms with Crippen LogP contribution in [0.2, 0.25) is 0 Å². The van der Waals surface area contributed by atoms with Crippen molar-refractivity contribution in [3.63, 3.8) is 0 Å². The number of aliphatic imine (C=N–C) groups is 1. The summed E-state index contributed by atoms with van der Waals surface area (Å²) in [5, 5.41) is 0. The van der Waals surface area contributed by atoms with E-state index in [2.05, 4.69) is 9.88 Å². The quantitative estimate of drug-likeness (QED) is 0.692. The second kappa shape index (κ2) is 9.51. The van der Waals surface area contributed by atoms with E-state index in [0.29, 0.717) is 19.5 Å². The first-order valence-corrected chi connectivity index (χ1v) is 11.7. The van der Waals surface area contributed by atoms with Gasteiger partial charge in [-0.15, -0.1) is 0 Å². The van der Waals surface area contributed by atoms with Gasteiger partial charge in [-0.2, -0.15) is 0 Å². The summed E-state index contributed by atoms with van der Waals surface area (Å²) in [5.41, 5.74) is 4.67. The molecule has 5 rings (SSSR count). The van der Waals surface area contributed by atoms with E-state index in [9.17, 15) is 13.6 Å². The van der Waals surface area contributed by atoms with Gasteiger partial charge in [0.15, 0.2) is 0 Å². The van der Waals surface area contributed by atoms with Crippen molar-refractivity contribution in [3.05, 3.63) is 76.6 Å². The molecule has 1 aromatic carbocycles. The molecule has 1 saturated heterocycles. The number of benzene rings is 1. The lowest BCUT2D eigenvalue weighted by atomic mass is 9.92. The molecule has 1 amide bonds. The van der Waals surface area contributed by atoms with Crippen LogP contribution in [0.5, 0.6) is 0 Å². The summed E-state index contributed by atoms with van der Waals surface area (Å²) in [6.45, 7) is 3.78. The summed E-state index contributed by atoms with van der Waals surface area (Å²) < 4.78 is 28.1. The van der Waals surface area contributed by atoms with Crippen LogP contribution in [0.4, 0.5) is 8.78 Å². The average Bonchev–Trinajstić information content (AvgIpc) is 3.26. The minimum Gasteiger partial charge on any atom is -0.338 e. The molecule has 0 unspecified atom stereocenters. The standard InChI is InChI=1S/C26H28F2N4O/c27-23-4-1-5-24(28)22(23)16-31-11-2-3-18(15-31)13-25(33)32-12-8-20-14-30-26(21(20)17-32)19-6-9-29-10-7-19/h1,4-7,9-10,18H,2-3,8,11-17H2/t18-/m0/s1. The molecule has 1 aromatic heterocycles. The van der Waals surface area contributed by atoms with Crippen LogP contribution in [0.1, 0.15) is 36.8 Å². The van der Waals surface area contributed by atoms with Crippen molar-refractivity contribution in [1.82, 2.24) is 14.8 Å². The van der Waals surface area contributed by atoms with Gasteiger partial charge in [0.05, 0.1) is 12.3 Å². The molecule has 0 bridgehead atoms. The van der Waals surface area contributed by atoms with Crippen molar-refractivity contribution in [2.75, 3.05) is 32.7 Å². The lowest BCUT2D eigenvalue weighted by molar-refractivity contribution is -0.132. The van der Waals surface area contributed by atoms with E-state index in [1.807, 2.05) is 17.0 Å². The summed E-state index contributed by atoms with van der Waals surface area (Å²) in [5.74, 6) is -0.650. The SMILES string of the molecule is O=C(C[C@@H]1CCCN(Cc2c(F)cccc2F)C1)N1CCC2=C(C1)C(c1ccncc1)=NC2. The van der Waals surface area contributed by atoms with E-state index in [-0.39, 0.29) is 23.9 Å². The van der Waals surface area contributed by atoms with Crippen LogP contribution in [0.15, 0.2) is 58.9 Å². The highest BCUT2D eigenvalue weighted by molar-refractivity contribution is 6.15. The molecule has 3 aliphatic heterocycles. The maximum atomic E-state index is 14.1. The predicted molar refractivity (Wildman–Crippen MR) is 123 cm³/mol. The number of likely N-dealkylation sites (tertiary alicyclic amines) is 1. The normalized spacial score (nSPS) is 21.2. The molecule has 0 spiro atoms. The molecule has 0 N–H and O–H groups in total. The largest absolute Gasteiger partial charge is 0.338 e. The number of carbonyl (C=O) groups excluding carboxylic acids is 1. The average molecular weight is 451 g/mol. The van der Waals surface area contributed by atoms with Gasteiger partial charge in [-0.1, -0.05) is 6.07 Å². The maximum Gasteiger partial charge on any atom is 0.223 e. The zero-order valence-corrected chi connectivity index (χ0v) is 18.6. The topological polar surface area (TPSA) is 48.8 Å².